The highest BCUT2D eigenvalue weighted by Gasteiger charge is 2.35. The lowest BCUT2D eigenvalue weighted by atomic mass is 9.85. The van der Waals surface area contributed by atoms with Gasteiger partial charge in [0.25, 0.3) is 0 Å². The molecule has 2 atom stereocenters. The quantitative estimate of drug-likeness (QED) is 0.731. The maximum atomic E-state index is 10.5. The summed E-state index contributed by atoms with van der Waals surface area (Å²) in [4.78, 5) is 13.2. The smallest absolute Gasteiger partial charge is 0.127 e. The van der Waals surface area contributed by atoms with Gasteiger partial charge in [-0.25, -0.2) is 4.98 Å². The molecule has 2 fully saturated rings. The first kappa shape index (κ1) is 17.1. The average molecular weight is 373 g/mol. The van der Waals surface area contributed by atoms with Crippen molar-refractivity contribution in [1.29, 1.82) is 0 Å². The van der Waals surface area contributed by atoms with Crippen molar-refractivity contribution < 1.29 is 5.11 Å². The molecule has 28 heavy (non-hydrogen) atoms. The number of aromatic nitrogens is 4. The molecule has 142 valence electrons. The van der Waals surface area contributed by atoms with E-state index in [2.05, 4.69) is 26.8 Å². The number of fused-ring (bicyclic) bond motifs is 2. The Kier molecular flexibility index (Phi) is 4.20. The second-order valence-electron chi connectivity index (χ2n) is 7.79. The molecule has 2 aliphatic rings. The third-order valence-corrected chi connectivity index (χ3v) is 6.01. The molecule has 1 aromatic carbocycles. The second kappa shape index (κ2) is 6.87. The van der Waals surface area contributed by atoms with Gasteiger partial charge in [-0.15, -0.1) is 0 Å². The Morgan fingerprint density at radius 1 is 1.14 bits per heavy atom. The molecule has 6 heteroatoms. The number of nitrogens with one attached hydrogen (secondary N) is 1. The van der Waals surface area contributed by atoms with E-state index >= 15 is 0 Å². The molecule has 0 saturated carbocycles. The van der Waals surface area contributed by atoms with Crippen LogP contribution in [0.3, 0.4) is 0 Å². The van der Waals surface area contributed by atoms with E-state index in [0.717, 1.165) is 29.8 Å². The Bertz CT molecular complexity index is 984. The molecule has 2 aromatic heterocycles. The molecule has 2 unspecified atom stereocenters. The van der Waals surface area contributed by atoms with Crippen LogP contribution in [0.2, 0.25) is 0 Å². The first-order chi connectivity index (χ1) is 13.7. The molecule has 2 saturated heterocycles. The van der Waals surface area contributed by atoms with Gasteiger partial charge in [-0.1, -0.05) is 6.58 Å². The Labute approximate surface area is 164 Å². The van der Waals surface area contributed by atoms with Crippen LogP contribution >= 0.6 is 0 Å². The van der Waals surface area contributed by atoms with Crippen LogP contribution in [0.1, 0.15) is 31.4 Å². The van der Waals surface area contributed by atoms with Crippen LogP contribution in [0.25, 0.3) is 22.5 Å². The van der Waals surface area contributed by atoms with Gasteiger partial charge in [-0.2, -0.15) is 0 Å². The lowest BCUT2D eigenvalue weighted by Gasteiger charge is -2.30. The van der Waals surface area contributed by atoms with Gasteiger partial charge in [-0.05, 0) is 49.3 Å². The summed E-state index contributed by atoms with van der Waals surface area (Å²) in [6, 6.07) is 6.73. The van der Waals surface area contributed by atoms with E-state index in [1.165, 1.54) is 12.8 Å². The molecule has 0 spiro atoms. The zero-order valence-electron chi connectivity index (χ0n) is 15.6. The van der Waals surface area contributed by atoms with Crippen LogP contribution in [0, 0.1) is 5.92 Å². The van der Waals surface area contributed by atoms with Gasteiger partial charge in [0.15, 0.2) is 0 Å². The van der Waals surface area contributed by atoms with Gasteiger partial charge in [0.1, 0.15) is 5.75 Å². The highest BCUT2D eigenvalue weighted by molar-refractivity contribution is 5.69. The number of imidazole rings is 1. The van der Waals surface area contributed by atoms with E-state index in [9.17, 15) is 5.11 Å². The highest BCUT2D eigenvalue weighted by Crippen LogP contribution is 2.37. The van der Waals surface area contributed by atoms with Crippen LogP contribution < -0.4 is 5.32 Å². The van der Waals surface area contributed by atoms with E-state index in [1.54, 1.807) is 31.0 Å². The van der Waals surface area contributed by atoms with Crippen LogP contribution in [-0.4, -0.2) is 36.7 Å². The molecule has 2 bridgehead atoms. The summed E-state index contributed by atoms with van der Waals surface area (Å²) in [5.74, 6) is 0.642. The van der Waals surface area contributed by atoms with E-state index in [0.29, 0.717) is 29.3 Å². The lowest BCUT2D eigenvalue weighted by molar-refractivity contribution is 0.351. The Balaban J connectivity index is 1.36. The largest absolute Gasteiger partial charge is 0.507 e. The van der Waals surface area contributed by atoms with Crippen molar-refractivity contribution in [3.63, 3.8) is 0 Å². The SMILES string of the molecule is C=C(c1cnc(-c2ccc(-n3ccnc3)cc2O)cn1)C1CC2CCC(C1)N2. The van der Waals surface area contributed by atoms with Gasteiger partial charge < -0.3 is 15.0 Å². The maximum absolute atomic E-state index is 10.5. The number of phenolic OH excluding ortho intramolecular Hbond substituents is 1. The number of hydrogen-bond donors (Lipinski definition) is 2. The topological polar surface area (TPSA) is 75.9 Å². The molecule has 0 radical (unpaired) electrons. The molecule has 2 N–H and O–H groups in total. The fourth-order valence-corrected chi connectivity index (χ4v) is 4.49. The fourth-order valence-electron chi connectivity index (χ4n) is 4.49. The summed E-state index contributed by atoms with van der Waals surface area (Å²) in [6.07, 6.45) is 13.6. The Morgan fingerprint density at radius 2 is 1.96 bits per heavy atom. The van der Waals surface area contributed by atoms with Crippen molar-refractivity contribution in [2.75, 3.05) is 0 Å². The van der Waals surface area contributed by atoms with E-state index in [1.807, 2.05) is 22.9 Å². The third kappa shape index (κ3) is 3.10. The standard InChI is InChI=1S/C22H23N5O/c1-14(15-8-16-2-3-17(9-15)26-16)20-11-25-21(12-24-20)19-5-4-18(10-22(19)28)27-7-6-23-13-27/h4-7,10-13,15-17,26,28H,1-3,8-9H2. The Hall–Kier alpha value is -2.99. The maximum Gasteiger partial charge on any atom is 0.127 e. The zero-order valence-corrected chi connectivity index (χ0v) is 15.6. The lowest BCUT2D eigenvalue weighted by Crippen LogP contribution is -2.38. The van der Waals surface area contributed by atoms with E-state index in [4.69, 9.17) is 0 Å². The second-order valence-corrected chi connectivity index (χ2v) is 7.79. The normalized spacial score (nSPS) is 23.6. The number of piperidine rings is 1. The molecule has 3 aromatic rings. The summed E-state index contributed by atoms with van der Waals surface area (Å²) < 4.78 is 1.84. The number of benzene rings is 1. The minimum Gasteiger partial charge on any atom is -0.507 e. The monoisotopic (exact) mass is 373 g/mol. The first-order valence-electron chi connectivity index (χ1n) is 9.76. The van der Waals surface area contributed by atoms with Crippen molar-refractivity contribution in [2.24, 2.45) is 5.92 Å². The van der Waals surface area contributed by atoms with Crippen LogP contribution in [0.15, 0.2) is 55.9 Å². The van der Waals surface area contributed by atoms with Gasteiger partial charge in [0.2, 0.25) is 0 Å². The summed E-state index contributed by atoms with van der Waals surface area (Å²) in [6.45, 7) is 4.32. The van der Waals surface area contributed by atoms with E-state index < -0.39 is 0 Å². The number of nitrogens with zero attached hydrogens (tertiary/aromatic N) is 4. The molecule has 0 amide bonds. The molecule has 6 nitrogen and oxygen atoms in total. The summed E-state index contributed by atoms with van der Waals surface area (Å²) in [7, 11) is 0. The summed E-state index contributed by atoms with van der Waals surface area (Å²) in [5, 5.41) is 14.1. The highest BCUT2D eigenvalue weighted by atomic mass is 16.3. The minimum absolute atomic E-state index is 0.169. The van der Waals surface area contributed by atoms with Crippen LogP contribution in [-0.2, 0) is 0 Å². The number of phenols is 1. The summed E-state index contributed by atoms with van der Waals surface area (Å²) >= 11 is 0. The van der Waals surface area contributed by atoms with Crippen molar-refractivity contribution in [3.05, 3.63) is 61.6 Å². The predicted octanol–water partition coefficient (Wildman–Crippen LogP) is 3.58. The van der Waals surface area contributed by atoms with Gasteiger partial charge in [0.05, 0.1) is 35.8 Å². The van der Waals surface area contributed by atoms with Crippen molar-refractivity contribution >= 4 is 5.57 Å². The zero-order chi connectivity index (χ0) is 19.1. The predicted molar refractivity (Wildman–Crippen MR) is 108 cm³/mol. The minimum atomic E-state index is 0.169. The average Bonchev–Trinajstić information content (AvgIpc) is 3.37. The molecular formula is C22H23N5O. The third-order valence-electron chi connectivity index (χ3n) is 6.01. The summed E-state index contributed by atoms with van der Waals surface area (Å²) in [5.41, 5.74) is 4.09. The van der Waals surface area contributed by atoms with Gasteiger partial charge in [-0.3, -0.25) is 9.97 Å². The number of aromatic hydroxyl groups is 1. The van der Waals surface area contributed by atoms with Crippen molar-refractivity contribution in [1.82, 2.24) is 24.8 Å². The van der Waals surface area contributed by atoms with Crippen LogP contribution in [0.5, 0.6) is 5.75 Å². The number of rotatable bonds is 4. The number of hydrogen-bond acceptors (Lipinski definition) is 5. The fraction of sp³-hybridized carbons (Fsp3) is 0.318. The van der Waals surface area contributed by atoms with Crippen molar-refractivity contribution in [2.45, 2.75) is 37.8 Å². The molecule has 0 aliphatic carbocycles. The van der Waals surface area contributed by atoms with Gasteiger partial charge in [0, 0.05) is 36.1 Å². The molecule has 2 aliphatic heterocycles. The molecular weight excluding hydrogens is 350 g/mol. The first-order valence-corrected chi connectivity index (χ1v) is 9.76. The van der Waals surface area contributed by atoms with Gasteiger partial charge >= 0.3 is 0 Å². The van der Waals surface area contributed by atoms with Crippen molar-refractivity contribution in [3.8, 4) is 22.7 Å². The van der Waals surface area contributed by atoms with Crippen LogP contribution in [0.4, 0.5) is 0 Å². The Morgan fingerprint density at radius 3 is 2.61 bits per heavy atom. The molecule has 4 heterocycles. The number of allylic oxidation sites excluding steroid dienone is 1. The van der Waals surface area contributed by atoms with E-state index in [-0.39, 0.29) is 5.75 Å². The molecule has 5 rings (SSSR count).